The minimum absolute atomic E-state index is 0.322. The van der Waals surface area contributed by atoms with E-state index in [2.05, 4.69) is 10.4 Å². The Balaban J connectivity index is 1.68. The lowest BCUT2D eigenvalue weighted by Gasteiger charge is -2.24. The Labute approximate surface area is 157 Å². The minimum Gasteiger partial charge on any atom is -0.382 e. The lowest BCUT2D eigenvalue weighted by atomic mass is 9.85. The van der Waals surface area contributed by atoms with Gasteiger partial charge in [-0.05, 0) is 56.4 Å². The molecule has 0 bridgehead atoms. The highest BCUT2D eigenvalue weighted by atomic mass is 35.5. The Morgan fingerprint density at radius 1 is 1.19 bits per heavy atom. The maximum absolute atomic E-state index is 6.12. The number of nitrogen functional groups attached to an aromatic ring is 1. The van der Waals surface area contributed by atoms with E-state index in [0.717, 1.165) is 59.0 Å². The highest BCUT2D eigenvalue weighted by molar-refractivity contribution is 6.31. The summed E-state index contributed by atoms with van der Waals surface area (Å²) in [7, 11) is 0. The van der Waals surface area contributed by atoms with Gasteiger partial charge in [-0.15, -0.1) is 5.10 Å². The van der Waals surface area contributed by atoms with Gasteiger partial charge in [0.05, 0.1) is 17.6 Å². The standard InChI is InChI=1S/C19H23ClN6/c1-11-8-14(6-7-15(11)20)23-16-9-18(22)25-26-10-17(24-19(16)26)12-2-4-13(21)5-3-12/h6-10,12-13,23H,2-5,21H2,1H3,(H2,22,25). The number of nitrogens with one attached hydrogen (secondary N) is 1. The molecule has 0 spiro atoms. The number of hydrogen-bond donors (Lipinski definition) is 3. The van der Waals surface area contributed by atoms with Gasteiger partial charge in [-0.25, -0.2) is 9.50 Å². The molecule has 1 aliphatic carbocycles. The lowest BCUT2D eigenvalue weighted by Crippen LogP contribution is -2.25. The van der Waals surface area contributed by atoms with Crippen molar-refractivity contribution >= 4 is 34.4 Å². The average Bonchev–Trinajstić information content (AvgIpc) is 3.03. The zero-order chi connectivity index (χ0) is 18.3. The summed E-state index contributed by atoms with van der Waals surface area (Å²) in [6.45, 7) is 1.98. The minimum atomic E-state index is 0.322. The molecule has 2 heterocycles. The molecule has 2 aromatic heterocycles. The van der Waals surface area contributed by atoms with Crippen molar-refractivity contribution in [2.45, 2.75) is 44.6 Å². The molecule has 5 N–H and O–H groups in total. The molecule has 0 amide bonds. The second-order valence-electron chi connectivity index (χ2n) is 7.12. The summed E-state index contributed by atoms with van der Waals surface area (Å²) in [5.74, 6) is 0.878. The van der Waals surface area contributed by atoms with Crippen LogP contribution in [0.3, 0.4) is 0 Å². The first kappa shape index (κ1) is 17.1. The molecule has 1 saturated carbocycles. The SMILES string of the molecule is Cc1cc(Nc2cc(N)nn3cc(C4CCC(N)CC4)nc23)ccc1Cl. The van der Waals surface area contributed by atoms with Crippen molar-refractivity contribution in [1.82, 2.24) is 14.6 Å². The van der Waals surface area contributed by atoms with Crippen LogP contribution < -0.4 is 16.8 Å². The Morgan fingerprint density at radius 2 is 1.96 bits per heavy atom. The zero-order valence-corrected chi connectivity index (χ0v) is 15.5. The van der Waals surface area contributed by atoms with Crippen molar-refractivity contribution in [2.24, 2.45) is 5.73 Å². The molecular formula is C19H23ClN6. The number of aryl methyl sites for hydroxylation is 1. The maximum atomic E-state index is 6.12. The lowest BCUT2D eigenvalue weighted by molar-refractivity contribution is 0.391. The number of anilines is 3. The molecular weight excluding hydrogens is 348 g/mol. The molecule has 0 radical (unpaired) electrons. The number of imidazole rings is 1. The van der Waals surface area contributed by atoms with Gasteiger partial charge in [-0.2, -0.15) is 0 Å². The molecule has 7 heteroatoms. The molecule has 1 aliphatic rings. The second kappa shape index (κ2) is 6.78. The van der Waals surface area contributed by atoms with Crippen molar-refractivity contribution < 1.29 is 0 Å². The van der Waals surface area contributed by atoms with Crippen LogP contribution in [0.1, 0.15) is 42.9 Å². The van der Waals surface area contributed by atoms with Crippen molar-refractivity contribution in [1.29, 1.82) is 0 Å². The monoisotopic (exact) mass is 370 g/mol. The Kier molecular flexibility index (Phi) is 4.46. The number of halogens is 1. The van der Waals surface area contributed by atoms with E-state index in [9.17, 15) is 0 Å². The predicted octanol–water partition coefficient (Wildman–Crippen LogP) is 4.00. The number of nitrogens with zero attached hydrogens (tertiary/aromatic N) is 3. The second-order valence-corrected chi connectivity index (χ2v) is 7.52. The topological polar surface area (TPSA) is 94.3 Å². The van der Waals surface area contributed by atoms with Gasteiger partial charge >= 0.3 is 0 Å². The van der Waals surface area contributed by atoms with Gasteiger partial charge in [0.15, 0.2) is 5.65 Å². The van der Waals surface area contributed by atoms with Gasteiger partial charge in [0.25, 0.3) is 0 Å². The van der Waals surface area contributed by atoms with Crippen LogP contribution in [-0.2, 0) is 0 Å². The molecule has 26 heavy (non-hydrogen) atoms. The third kappa shape index (κ3) is 3.34. The van der Waals surface area contributed by atoms with Crippen LogP contribution in [0.2, 0.25) is 5.02 Å². The smallest absolute Gasteiger partial charge is 0.177 e. The largest absolute Gasteiger partial charge is 0.382 e. The van der Waals surface area contributed by atoms with Crippen LogP contribution in [0.25, 0.3) is 5.65 Å². The number of hydrogen-bond acceptors (Lipinski definition) is 5. The van der Waals surface area contributed by atoms with Crippen LogP contribution in [-0.4, -0.2) is 20.6 Å². The first-order chi connectivity index (χ1) is 12.5. The Morgan fingerprint density at radius 3 is 2.69 bits per heavy atom. The fourth-order valence-corrected chi connectivity index (χ4v) is 3.71. The van der Waals surface area contributed by atoms with E-state index in [0.29, 0.717) is 17.8 Å². The van der Waals surface area contributed by atoms with E-state index < -0.39 is 0 Å². The summed E-state index contributed by atoms with van der Waals surface area (Å²) in [6, 6.07) is 7.95. The van der Waals surface area contributed by atoms with Crippen molar-refractivity contribution in [2.75, 3.05) is 11.1 Å². The number of benzene rings is 1. The Bertz CT molecular complexity index is 943. The van der Waals surface area contributed by atoms with E-state index in [1.165, 1.54) is 0 Å². The van der Waals surface area contributed by atoms with E-state index in [4.69, 9.17) is 28.1 Å². The average molecular weight is 371 g/mol. The van der Waals surface area contributed by atoms with Crippen LogP contribution in [0.4, 0.5) is 17.2 Å². The van der Waals surface area contributed by atoms with Gasteiger partial charge in [-0.3, -0.25) is 0 Å². The molecule has 1 aromatic carbocycles. The van der Waals surface area contributed by atoms with E-state index in [-0.39, 0.29) is 0 Å². The number of nitrogens with two attached hydrogens (primary N) is 2. The summed E-state index contributed by atoms with van der Waals surface area (Å²) in [6.07, 6.45) is 6.22. The fourth-order valence-electron chi connectivity index (χ4n) is 3.60. The van der Waals surface area contributed by atoms with Crippen molar-refractivity contribution in [3.8, 4) is 0 Å². The predicted molar refractivity (Wildman–Crippen MR) is 106 cm³/mol. The van der Waals surface area contributed by atoms with E-state index in [1.807, 2.05) is 37.4 Å². The van der Waals surface area contributed by atoms with Gasteiger partial charge < -0.3 is 16.8 Å². The van der Waals surface area contributed by atoms with Gasteiger partial charge in [0.2, 0.25) is 0 Å². The normalized spacial score (nSPS) is 20.4. The summed E-state index contributed by atoms with van der Waals surface area (Å²) < 4.78 is 1.77. The van der Waals surface area contributed by atoms with Crippen LogP contribution in [0.5, 0.6) is 0 Å². The van der Waals surface area contributed by atoms with Crippen LogP contribution >= 0.6 is 11.6 Å². The van der Waals surface area contributed by atoms with E-state index in [1.54, 1.807) is 4.52 Å². The molecule has 0 atom stereocenters. The fraction of sp³-hybridized carbons (Fsp3) is 0.368. The van der Waals surface area contributed by atoms with Crippen LogP contribution in [0.15, 0.2) is 30.5 Å². The molecule has 4 rings (SSSR count). The Hall–Kier alpha value is -2.31. The zero-order valence-electron chi connectivity index (χ0n) is 14.7. The van der Waals surface area contributed by atoms with Gasteiger partial charge in [0, 0.05) is 28.7 Å². The number of rotatable bonds is 3. The molecule has 0 aliphatic heterocycles. The quantitative estimate of drug-likeness (QED) is 0.647. The third-order valence-corrected chi connectivity index (χ3v) is 5.51. The van der Waals surface area contributed by atoms with Crippen LogP contribution in [0, 0.1) is 6.92 Å². The first-order valence-corrected chi connectivity index (χ1v) is 9.32. The van der Waals surface area contributed by atoms with Gasteiger partial charge in [-0.1, -0.05) is 11.6 Å². The van der Waals surface area contributed by atoms with Gasteiger partial charge in [0.1, 0.15) is 5.82 Å². The summed E-state index contributed by atoms with van der Waals surface area (Å²) in [5.41, 5.74) is 16.6. The molecule has 0 saturated heterocycles. The van der Waals surface area contributed by atoms with Crippen molar-refractivity contribution in [3.05, 3.63) is 46.7 Å². The molecule has 0 unspecified atom stereocenters. The molecule has 3 aromatic rings. The third-order valence-electron chi connectivity index (χ3n) is 5.09. The summed E-state index contributed by atoms with van der Waals surface area (Å²) >= 11 is 6.12. The summed E-state index contributed by atoms with van der Waals surface area (Å²) in [5, 5.41) is 8.53. The molecule has 136 valence electrons. The first-order valence-electron chi connectivity index (χ1n) is 8.94. The number of fused-ring (bicyclic) bond motifs is 1. The maximum Gasteiger partial charge on any atom is 0.177 e. The van der Waals surface area contributed by atoms with E-state index >= 15 is 0 Å². The highest BCUT2D eigenvalue weighted by Crippen LogP contribution is 2.33. The number of aromatic nitrogens is 3. The molecule has 1 fully saturated rings. The molecule has 6 nitrogen and oxygen atoms in total. The van der Waals surface area contributed by atoms with Crippen molar-refractivity contribution in [3.63, 3.8) is 0 Å². The highest BCUT2D eigenvalue weighted by Gasteiger charge is 2.23. The summed E-state index contributed by atoms with van der Waals surface area (Å²) in [4.78, 5) is 4.85.